The Morgan fingerprint density at radius 2 is 2.26 bits per heavy atom. The van der Waals surface area contributed by atoms with Crippen LogP contribution < -0.4 is 4.74 Å². The molecule has 1 aliphatic heterocycles. The van der Waals surface area contributed by atoms with Crippen LogP contribution in [-0.4, -0.2) is 44.2 Å². The highest BCUT2D eigenvalue weighted by atomic mass is 79.9. The Hall–Kier alpha value is -1.07. The second-order valence-electron chi connectivity index (χ2n) is 4.62. The minimum absolute atomic E-state index is 0.121. The lowest BCUT2D eigenvalue weighted by Crippen LogP contribution is -2.31. The fourth-order valence-corrected chi connectivity index (χ4v) is 2.72. The zero-order valence-corrected chi connectivity index (χ0v) is 12.8. The van der Waals surface area contributed by atoms with E-state index in [-0.39, 0.29) is 12.0 Å². The van der Waals surface area contributed by atoms with Crippen LogP contribution in [0.15, 0.2) is 22.7 Å². The normalized spacial score (nSPS) is 18.7. The molecule has 0 unspecified atom stereocenters. The molecule has 1 amide bonds. The minimum atomic E-state index is 0.121. The average Bonchev–Trinajstić information content (AvgIpc) is 2.88. The van der Waals surface area contributed by atoms with Gasteiger partial charge in [-0.2, -0.15) is 0 Å². The maximum atomic E-state index is 12.3. The van der Waals surface area contributed by atoms with Crippen LogP contribution in [-0.2, 0) is 16.0 Å². The number of benzene rings is 1. The van der Waals surface area contributed by atoms with Crippen molar-refractivity contribution in [1.29, 1.82) is 0 Å². The first-order chi connectivity index (χ1) is 9.13. The molecule has 2 rings (SSSR count). The van der Waals surface area contributed by atoms with E-state index in [9.17, 15) is 4.79 Å². The first kappa shape index (κ1) is 14.3. The fraction of sp³-hybridized carbons (Fsp3) is 0.500. The van der Waals surface area contributed by atoms with E-state index in [1.165, 1.54) is 0 Å². The summed E-state index contributed by atoms with van der Waals surface area (Å²) in [6.45, 7) is 1.46. The van der Waals surface area contributed by atoms with Crippen molar-refractivity contribution in [2.75, 3.05) is 27.3 Å². The van der Waals surface area contributed by atoms with E-state index in [1.807, 2.05) is 23.1 Å². The Kier molecular flexibility index (Phi) is 4.82. The van der Waals surface area contributed by atoms with Gasteiger partial charge in [0.25, 0.3) is 0 Å². The number of hydrogen-bond acceptors (Lipinski definition) is 3. The van der Waals surface area contributed by atoms with Gasteiger partial charge in [-0.1, -0.05) is 15.9 Å². The number of nitrogens with zero attached hydrogens (tertiary/aromatic N) is 1. The molecule has 0 spiro atoms. The summed E-state index contributed by atoms with van der Waals surface area (Å²) < 4.78 is 11.5. The highest BCUT2D eigenvalue weighted by Crippen LogP contribution is 2.24. The first-order valence-corrected chi connectivity index (χ1v) is 7.06. The molecule has 1 aromatic carbocycles. The second-order valence-corrected chi connectivity index (χ2v) is 5.53. The monoisotopic (exact) mass is 327 g/mol. The zero-order valence-electron chi connectivity index (χ0n) is 11.2. The third kappa shape index (κ3) is 3.48. The summed E-state index contributed by atoms with van der Waals surface area (Å²) in [5.41, 5.74) is 0.905. The summed E-state index contributed by atoms with van der Waals surface area (Å²) in [6.07, 6.45) is 1.45. The number of likely N-dealkylation sites (tertiary alicyclic amines) is 1. The first-order valence-electron chi connectivity index (χ1n) is 6.27. The van der Waals surface area contributed by atoms with E-state index < -0.39 is 0 Å². The summed E-state index contributed by atoms with van der Waals surface area (Å²) in [5, 5.41) is 0. The molecule has 0 N–H and O–H groups in total. The number of amides is 1. The van der Waals surface area contributed by atoms with Crippen LogP contribution in [0.25, 0.3) is 0 Å². The predicted octanol–water partition coefficient (Wildman–Crippen LogP) is 2.25. The number of rotatable bonds is 4. The predicted molar refractivity (Wildman–Crippen MR) is 76.4 cm³/mol. The van der Waals surface area contributed by atoms with Crippen LogP contribution in [0, 0.1) is 0 Å². The van der Waals surface area contributed by atoms with E-state index in [0.29, 0.717) is 13.0 Å². The molecule has 1 heterocycles. The van der Waals surface area contributed by atoms with Crippen molar-refractivity contribution in [3.8, 4) is 5.75 Å². The Balaban J connectivity index is 2.05. The lowest BCUT2D eigenvalue weighted by Gasteiger charge is -2.17. The van der Waals surface area contributed by atoms with Gasteiger partial charge in [0.15, 0.2) is 0 Å². The van der Waals surface area contributed by atoms with E-state index in [1.54, 1.807) is 14.2 Å². The van der Waals surface area contributed by atoms with E-state index in [4.69, 9.17) is 9.47 Å². The Bertz CT molecular complexity index is 464. The molecule has 19 heavy (non-hydrogen) atoms. The third-order valence-corrected chi connectivity index (χ3v) is 3.91. The van der Waals surface area contributed by atoms with Gasteiger partial charge < -0.3 is 14.4 Å². The largest absolute Gasteiger partial charge is 0.496 e. The average molecular weight is 328 g/mol. The molecule has 0 aromatic heterocycles. The minimum Gasteiger partial charge on any atom is -0.496 e. The lowest BCUT2D eigenvalue weighted by atomic mass is 10.1. The maximum Gasteiger partial charge on any atom is 0.227 e. The molecule has 1 atom stereocenters. The van der Waals surface area contributed by atoms with Crippen molar-refractivity contribution < 1.29 is 14.3 Å². The van der Waals surface area contributed by atoms with Crippen LogP contribution in [0.2, 0.25) is 0 Å². The van der Waals surface area contributed by atoms with E-state index in [0.717, 1.165) is 28.8 Å². The van der Waals surface area contributed by atoms with Gasteiger partial charge in [0.05, 0.1) is 19.6 Å². The molecule has 104 valence electrons. The van der Waals surface area contributed by atoms with Crippen LogP contribution >= 0.6 is 15.9 Å². The molecule has 0 bridgehead atoms. The van der Waals surface area contributed by atoms with Crippen LogP contribution in [0.5, 0.6) is 5.75 Å². The number of methoxy groups -OCH3 is 2. The van der Waals surface area contributed by atoms with Gasteiger partial charge in [0.2, 0.25) is 5.91 Å². The van der Waals surface area contributed by atoms with Gasteiger partial charge in [0.1, 0.15) is 5.75 Å². The van der Waals surface area contributed by atoms with Crippen molar-refractivity contribution in [3.05, 3.63) is 28.2 Å². The molecule has 0 saturated carbocycles. The van der Waals surface area contributed by atoms with Crippen molar-refractivity contribution in [2.24, 2.45) is 0 Å². The van der Waals surface area contributed by atoms with E-state index >= 15 is 0 Å². The van der Waals surface area contributed by atoms with Gasteiger partial charge in [-0.05, 0) is 24.6 Å². The summed E-state index contributed by atoms with van der Waals surface area (Å²) in [7, 11) is 3.31. The third-order valence-electron chi connectivity index (χ3n) is 3.42. The summed E-state index contributed by atoms with van der Waals surface area (Å²) >= 11 is 3.42. The molecule has 5 heteroatoms. The highest BCUT2D eigenvalue weighted by molar-refractivity contribution is 9.10. The number of ether oxygens (including phenoxy) is 2. The van der Waals surface area contributed by atoms with E-state index in [2.05, 4.69) is 15.9 Å². The van der Waals surface area contributed by atoms with Gasteiger partial charge in [-0.3, -0.25) is 4.79 Å². The molecular formula is C14H18BrNO3. The highest BCUT2D eigenvalue weighted by Gasteiger charge is 2.26. The zero-order chi connectivity index (χ0) is 13.8. The number of hydrogen-bond donors (Lipinski definition) is 0. The van der Waals surface area contributed by atoms with Crippen molar-refractivity contribution >= 4 is 21.8 Å². The van der Waals surface area contributed by atoms with Gasteiger partial charge in [-0.25, -0.2) is 0 Å². The molecule has 1 saturated heterocycles. The molecular weight excluding hydrogens is 310 g/mol. The van der Waals surface area contributed by atoms with Crippen LogP contribution in [0.1, 0.15) is 12.0 Å². The van der Waals surface area contributed by atoms with Crippen molar-refractivity contribution in [2.45, 2.75) is 18.9 Å². The molecule has 1 aliphatic rings. The second kappa shape index (κ2) is 6.39. The SMILES string of the molecule is COc1ccc(Br)cc1CC(=O)N1CC[C@H](OC)C1. The van der Waals surface area contributed by atoms with Gasteiger partial charge >= 0.3 is 0 Å². The maximum absolute atomic E-state index is 12.3. The molecule has 1 aromatic rings. The molecule has 4 nitrogen and oxygen atoms in total. The molecule has 0 radical (unpaired) electrons. The molecule has 0 aliphatic carbocycles. The number of carbonyl (C=O) groups excluding carboxylic acids is 1. The quantitative estimate of drug-likeness (QED) is 0.851. The van der Waals surface area contributed by atoms with Crippen molar-refractivity contribution in [1.82, 2.24) is 4.90 Å². The summed E-state index contributed by atoms with van der Waals surface area (Å²) in [6, 6.07) is 5.71. The van der Waals surface area contributed by atoms with Crippen LogP contribution in [0.3, 0.4) is 0 Å². The number of halogens is 1. The summed E-state index contributed by atoms with van der Waals surface area (Å²) in [5.74, 6) is 0.870. The Morgan fingerprint density at radius 1 is 1.47 bits per heavy atom. The Morgan fingerprint density at radius 3 is 2.89 bits per heavy atom. The van der Waals surface area contributed by atoms with Gasteiger partial charge in [0, 0.05) is 30.2 Å². The van der Waals surface area contributed by atoms with Gasteiger partial charge in [-0.15, -0.1) is 0 Å². The molecule has 1 fully saturated rings. The lowest BCUT2D eigenvalue weighted by molar-refractivity contribution is -0.129. The van der Waals surface area contributed by atoms with Crippen LogP contribution in [0.4, 0.5) is 0 Å². The smallest absolute Gasteiger partial charge is 0.227 e. The fourth-order valence-electron chi connectivity index (χ4n) is 2.31. The number of carbonyl (C=O) groups is 1. The Labute approximate surface area is 121 Å². The standard InChI is InChI=1S/C14H18BrNO3/c1-18-12-5-6-16(9-12)14(17)8-10-7-11(15)3-4-13(10)19-2/h3-4,7,12H,5-6,8-9H2,1-2H3/t12-/m0/s1. The van der Waals surface area contributed by atoms with Crippen molar-refractivity contribution in [3.63, 3.8) is 0 Å². The summed E-state index contributed by atoms with van der Waals surface area (Å²) in [4.78, 5) is 14.1. The topological polar surface area (TPSA) is 38.8 Å².